The highest BCUT2D eigenvalue weighted by molar-refractivity contribution is 8.55. The van der Waals surface area contributed by atoms with Crippen molar-refractivity contribution in [3.8, 4) is 11.5 Å². The van der Waals surface area contributed by atoms with Gasteiger partial charge in [0.1, 0.15) is 4.90 Å². The van der Waals surface area contributed by atoms with Crippen molar-refractivity contribution in [3.05, 3.63) is 51.5 Å². The van der Waals surface area contributed by atoms with Crippen LogP contribution < -0.4 is 8.71 Å². The summed E-state index contributed by atoms with van der Waals surface area (Å²) in [5.41, 5.74) is 0. The molecule has 2 aromatic carbocycles. The molecule has 1 atom stereocenters. The van der Waals surface area contributed by atoms with E-state index in [9.17, 15) is 13.0 Å². The van der Waals surface area contributed by atoms with Gasteiger partial charge < -0.3 is 8.71 Å². The van der Waals surface area contributed by atoms with Crippen LogP contribution >= 0.6 is 53.0 Å². The van der Waals surface area contributed by atoms with Gasteiger partial charge in [-0.2, -0.15) is 8.42 Å². The highest BCUT2D eigenvalue weighted by Crippen LogP contribution is 2.61. The van der Waals surface area contributed by atoms with Crippen molar-refractivity contribution in [2.45, 2.75) is 25.2 Å². The monoisotopic (exact) mass is 518 g/mol. The fourth-order valence-electron chi connectivity index (χ4n) is 1.98. The second kappa shape index (κ2) is 10.6. The highest BCUT2D eigenvalue weighted by atomic mass is 35.5. The Morgan fingerprint density at radius 2 is 1.62 bits per heavy atom. The van der Waals surface area contributed by atoms with Gasteiger partial charge in [-0.05, 0) is 55.1 Å². The van der Waals surface area contributed by atoms with Crippen molar-refractivity contribution in [3.63, 3.8) is 0 Å². The standard InChI is InChI=1S/C17H18Cl3O6PS2/c1-3-9-28-27(21,24-4-2)25-16-11-17(15(20)10-14(16)19)26-29(22,23)13-7-5-12(18)6-8-13/h5-8,10-11H,3-4,9H2,1-2H3. The maximum absolute atomic E-state index is 12.9. The Hall–Kier alpha value is -0.600. The molecule has 29 heavy (non-hydrogen) atoms. The van der Waals surface area contributed by atoms with Gasteiger partial charge in [0.05, 0.1) is 16.7 Å². The molecule has 0 heterocycles. The zero-order valence-corrected chi connectivity index (χ0v) is 20.2. The van der Waals surface area contributed by atoms with Crippen LogP contribution in [0.25, 0.3) is 0 Å². The Morgan fingerprint density at radius 3 is 2.21 bits per heavy atom. The van der Waals surface area contributed by atoms with Crippen molar-refractivity contribution in [2.75, 3.05) is 12.4 Å². The normalized spacial score (nSPS) is 13.7. The Morgan fingerprint density at radius 1 is 1.00 bits per heavy atom. The van der Waals surface area contributed by atoms with Crippen molar-refractivity contribution in [1.82, 2.24) is 0 Å². The van der Waals surface area contributed by atoms with Gasteiger partial charge in [-0.25, -0.2) is 4.57 Å². The van der Waals surface area contributed by atoms with E-state index in [1.807, 2.05) is 6.92 Å². The molecule has 1 unspecified atom stereocenters. The molecule has 160 valence electrons. The summed E-state index contributed by atoms with van der Waals surface area (Å²) in [5, 5.41) is 0.344. The molecular weight excluding hydrogens is 502 g/mol. The van der Waals surface area contributed by atoms with E-state index < -0.39 is 16.9 Å². The van der Waals surface area contributed by atoms with E-state index >= 15 is 0 Å². The lowest BCUT2D eigenvalue weighted by Crippen LogP contribution is -2.10. The van der Waals surface area contributed by atoms with Crippen molar-refractivity contribution < 1.29 is 26.2 Å². The third-order valence-electron chi connectivity index (χ3n) is 3.24. The minimum atomic E-state index is -4.20. The first-order chi connectivity index (χ1) is 13.6. The van der Waals surface area contributed by atoms with Crippen LogP contribution in [0.3, 0.4) is 0 Å². The zero-order valence-electron chi connectivity index (χ0n) is 15.4. The van der Waals surface area contributed by atoms with Crippen LogP contribution in [0.1, 0.15) is 20.3 Å². The maximum Gasteiger partial charge on any atom is 0.440 e. The second-order valence-electron chi connectivity index (χ2n) is 5.49. The van der Waals surface area contributed by atoms with Crippen LogP contribution in [0.4, 0.5) is 0 Å². The van der Waals surface area contributed by atoms with E-state index in [-0.39, 0.29) is 33.0 Å². The van der Waals surface area contributed by atoms with Crippen molar-refractivity contribution in [1.29, 1.82) is 0 Å². The molecule has 2 rings (SSSR count). The third kappa shape index (κ3) is 6.96. The summed E-state index contributed by atoms with van der Waals surface area (Å²) >= 11 is 19.0. The summed E-state index contributed by atoms with van der Waals surface area (Å²) in [4.78, 5) is -0.117. The summed E-state index contributed by atoms with van der Waals surface area (Å²) in [5.74, 6) is 0.235. The molecule has 0 aromatic heterocycles. The molecular formula is C17H18Cl3O6PS2. The van der Waals surface area contributed by atoms with E-state index in [2.05, 4.69) is 0 Å². The van der Waals surface area contributed by atoms with Gasteiger partial charge >= 0.3 is 16.9 Å². The Bertz CT molecular complexity index is 999. The van der Waals surface area contributed by atoms with Crippen LogP contribution in [0.5, 0.6) is 11.5 Å². The minimum Gasteiger partial charge on any atom is -0.415 e. The smallest absolute Gasteiger partial charge is 0.415 e. The number of halogens is 3. The molecule has 0 aliphatic carbocycles. The average molecular weight is 520 g/mol. The number of rotatable bonds is 10. The topological polar surface area (TPSA) is 78.9 Å². The molecule has 12 heteroatoms. The molecule has 0 bridgehead atoms. The average Bonchev–Trinajstić information content (AvgIpc) is 2.64. The van der Waals surface area contributed by atoms with Crippen molar-refractivity contribution >= 4 is 63.1 Å². The number of benzene rings is 2. The fourth-order valence-corrected chi connectivity index (χ4v) is 7.06. The van der Waals surface area contributed by atoms with Gasteiger partial charge in [0.2, 0.25) is 0 Å². The molecule has 0 N–H and O–H groups in total. The predicted molar refractivity (Wildman–Crippen MR) is 118 cm³/mol. The molecule has 0 fully saturated rings. The predicted octanol–water partition coefficient (Wildman–Crippen LogP) is 7.08. The first-order valence-electron chi connectivity index (χ1n) is 8.38. The molecule has 6 nitrogen and oxygen atoms in total. The fraction of sp³-hybridized carbons (Fsp3) is 0.294. The van der Waals surface area contributed by atoms with Gasteiger partial charge in [0.15, 0.2) is 11.5 Å². The first kappa shape index (κ1) is 24.7. The van der Waals surface area contributed by atoms with Gasteiger partial charge in [-0.15, -0.1) is 0 Å². The molecule has 2 aromatic rings. The van der Waals surface area contributed by atoms with Crippen LogP contribution in [-0.2, 0) is 19.2 Å². The van der Waals surface area contributed by atoms with Crippen LogP contribution in [0.2, 0.25) is 15.1 Å². The Labute approximate surface area is 189 Å². The molecule has 0 aliphatic rings. The lowest BCUT2D eigenvalue weighted by Gasteiger charge is -2.19. The van der Waals surface area contributed by atoms with Gasteiger partial charge in [0, 0.05) is 16.8 Å². The van der Waals surface area contributed by atoms with E-state index in [1.165, 1.54) is 30.3 Å². The van der Waals surface area contributed by atoms with Crippen molar-refractivity contribution in [2.24, 2.45) is 0 Å². The Balaban J connectivity index is 2.35. The minimum absolute atomic E-state index is 0.0308. The van der Waals surface area contributed by atoms with Gasteiger partial charge in [0.25, 0.3) is 0 Å². The van der Waals surface area contributed by atoms with Gasteiger partial charge in [-0.1, -0.05) is 41.7 Å². The van der Waals surface area contributed by atoms with E-state index in [1.54, 1.807) is 6.92 Å². The molecule has 0 spiro atoms. The molecule has 0 radical (unpaired) electrons. The molecule has 0 saturated carbocycles. The van der Waals surface area contributed by atoms with E-state index in [0.29, 0.717) is 10.8 Å². The van der Waals surface area contributed by atoms with E-state index in [0.717, 1.165) is 23.9 Å². The quantitative estimate of drug-likeness (QED) is 0.245. The summed E-state index contributed by atoms with van der Waals surface area (Å²) in [6.07, 6.45) is 0.757. The van der Waals surface area contributed by atoms with Crippen LogP contribution in [-0.4, -0.2) is 20.8 Å². The highest BCUT2D eigenvalue weighted by Gasteiger charge is 2.29. The van der Waals surface area contributed by atoms with Crippen LogP contribution in [0.15, 0.2) is 41.3 Å². The first-order valence-corrected chi connectivity index (χ1v) is 14.1. The summed E-state index contributed by atoms with van der Waals surface area (Å²) < 4.78 is 53.8. The summed E-state index contributed by atoms with van der Waals surface area (Å²) in [6, 6.07) is 7.83. The lowest BCUT2D eigenvalue weighted by molar-refractivity contribution is 0.296. The third-order valence-corrected chi connectivity index (χ3v) is 9.27. The largest absolute Gasteiger partial charge is 0.440 e. The molecule has 0 aliphatic heterocycles. The Kier molecular flexibility index (Phi) is 9.04. The second-order valence-corrected chi connectivity index (χ2v) is 12.4. The van der Waals surface area contributed by atoms with Gasteiger partial charge in [-0.3, -0.25) is 4.52 Å². The SMILES string of the molecule is CCCSP(=O)(OCC)Oc1cc(OS(=O)(=O)c2ccc(Cl)cc2)c(Cl)cc1Cl. The molecule has 0 amide bonds. The molecule has 0 saturated heterocycles. The number of hydrogen-bond acceptors (Lipinski definition) is 7. The summed E-state index contributed by atoms with van der Waals surface area (Å²) in [6.45, 7) is 0.198. The summed E-state index contributed by atoms with van der Waals surface area (Å²) in [7, 11) is -4.20. The van der Waals surface area contributed by atoms with E-state index in [4.69, 9.17) is 48.0 Å². The van der Waals surface area contributed by atoms with Crippen LogP contribution in [0, 0.1) is 0 Å². The maximum atomic E-state index is 12.9. The zero-order chi connectivity index (χ0) is 21.7. The lowest BCUT2D eigenvalue weighted by atomic mass is 10.3. The number of hydrogen-bond donors (Lipinski definition) is 0.